The number of nitrogens with zero attached hydrogens (tertiary/aromatic N) is 1. The Kier molecular flexibility index (Phi) is 6.73. The predicted molar refractivity (Wildman–Crippen MR) is 118 cm³/mol. The summed E-state index contributed by atoms with van der Waals surface area (Å²) >= 11 is 3.68. The SMILES string of the molecule is CCNC(=O)c1cccc(CNC(=NC)NCC2(c3ccccc3Br)CC2)c1. The maximum atomic E-state index is 12.0. The highest BCUT2D eigenvalue weighted by Crippen LogP contribution is 2.49. The van der Waals surface area contributed by atoms with E-state index < -0.39 is 0 Å². The van der Waals surface area contributed by atoms with Crippen LogP contribution < -0.4 is 16.0 Å². The van der Waals surface area contributed by atoms with Crippen LogP contribution in [0.15, 0.2) is 58.0 Å². The van der Waals surface area contributed by atoms with Crippen molar-refractivity contribution in [1.29, 1.82) is 0 Å². The van der Waals surface area contributed by atoms with Gasteiger partial charge in [0.2, 0.25) is 0 Å². The van der Waals surface area contributed by atoms with E-state index in [1.807, 2.05) is 37.3 Å². The monoisotopic (exact) mass is 442 g/mol. The Morgan fingerprint density at radius 2 is 1.89 bits per heavy atom. The second-order valence-electron chi connectivity index (χ2n) is 7.10. The van der Waals surface area contributed by atoms with E-state index in [1.54, 1.807) is 7.05 Å². The first-order valence-electron chi connectivity index (χ1n) is 9.64. The highest BCUT2D eigenvalue weighted by Gasteiger charge is 2.45. The number of carbonyl (C=O) groups excluding carboxylic acids is 1. The minimum absolute atomic E-state index is 0.0454. The van der Waals surface area contributed by atoms with E-state index in [0.29, 0.717) is 18.7 Å². The quantitative estimate of drug-likeness (QED) is 0.453. The van der Waals surface area contributed by atoms with Crippen molar-refractivity contribution >= 4 is 27.8 Å². The molecule has 0 heterocycles. The maximum Gasteiger partial charge on any atom is 0.251 e. The highest BCUT2D eigenvalue weighted by atomic mass is 79.9. The van der Waals surface area contributed by atoms with Crippen LogP contribution in [0.5, 0.6) is 0 Å². The van der Waals surface area contributed by atoms with Gasteiger partial charge in [0.25, 0.3) is 5.91 Å². The first-order valence-corrected chi connectivity index (χ1v) is 10.4. The van der Waals surface area contributed by atoms with Crippen LogP contribution >= 0.6 is 15.9 Å². The third-order valence-electron chi connectivity index (χ3n) is 5.10. The molecule has 0 radical (unpaired) electrons. The largest absolute Gasteiger partial charge is 0.356 e. The van der Waals surface area contributed by atoms with Crippen molar-refractivity contribution in [3.63, 3.8) is 0 Å². The number of rotatable bonds is 7. The first-order chi connectivity index (χ1) is 13.6. The molecule has 6 heteroatoms. The van der Waals surface area contributed by atoms with Gasteiger partial charge in [-0.15, -0.1) is 0 Å². The minimum atomic E-state index is -0.0454. The van der Waals surface area contributed by atoms with Crippen molar-refractivity contribution in [2.24, 2.45) is 4.99 Å². The second-order valence-corrected chi connectivity index (χ2v) is 7.95. The topological polar surface area (TPSA) is 65.5 Å². The number of guanidine groups is 1. The van der Waals surface area contributed by atoms with E-state index in [9.17, 15) is 4.79 Å². The molecule has 148 valence electrons. The summed E-state index contributed by atoms with van der Waals surface area (Å²) in [6.45, 7) is 3.99. The van der Waals surface area contributed by atoms with E-state index >= 15 is 0 Å². The number of halogens is 1. The standard InChI is InChI=1S/C22H27BrN4O/c1-3-25-20(28)17-8-6-7-16(13-17)14-26-21(24-2)27-15-22(11-12-22)18-9-4-5-10-19(18)23/h4-10,13H,3,11-12,14-15H2,1-2H3,(H,25,28)(H2,24,26,27). The normalized spacial score (nSPS) is 15.0. The molecule has 1 aliphatic carbocycles. The predicted octanol–water partition coefficient (Wildman–Crippen LogP) is 3.60. The molecule has 0 unspecified atom stereocenters. The average Bonchev–Trinajstić information content (AvgIpc) is 3.50. The summed E-state index contributed by atoms with van der Waals surface area (Å²) in [7, 11) is 1.78. The summed E-state index contributed by atoms with van der Waals surface area (Å²) in [5.41, 5.74) is 3.25. The minimum Gasteiger partial charge on any atom is -0.356 e. The third kappa shape index (κ3) is 4.93. The van der Waals surface area contributed by atoms with Crippen LogP contribution in [0, 0.1) is 0 Å². The van der Waals surface area contributed by atoms with Gasteiger partial charge in [0.15, 0.2) is 5.96 Å². The van der Waals surface area contributed by atoms with Crippen molar-refractivity contribution < 1.29 is 4.79 Å². The molecule has 3 N–H and O–H groups in total. The summed E-state index contributed by atoms with van der Waals surface area (Å²) < 4.78 is 1.17. The van der Waals surface area contributed by atoms with Crippen LogP contribution in [0.1, 0.15) is 41.3 Å². The van der Waals surface area contributed by atoms with E-state index in [0.717, 1.165) is 18.1 Å². The molecule has 28 heavy (non-hydrogen) atoms. The van der Waals surface area contributed by atoms with Crippen LogP contribution in [0.4, 0.5) is 0 Å². The Labute approximate surface area is 175 Å². The van der Waals surface area contributed by atoms with Gasteiger partial charge in [0.05, 0.1) is 0 Å². The Hall–Kier alpha value is -2.34. The van der Waals surface area contributed by atoms with E-state index in [4.69, 9.17) is 0 Å². The van der Waals surface area contributed by atoms with Gasteiger partial charge in [-0.25, -0.2) is 0 Å². The fraction of sp³-hybridized carbons (Fsp3) is 0.364. The average molecular weight is 443 g/mol. The van der Waals surface area contributed by atoms with E-state index in [2.05, 4.69) is 55.1 Å². The fourth-order valence-corrected chi connectivity index (χ4v) is 4.03. The molecular formula is C22H27BrN4O. The van der Waals surface area contributed by atoms with Gasteiger partial charge in [0.1, 0.15) is 0 Å². The molecule has 0 spiro atoms. The molecule has 0 saturated heterocycles. The zero-order chi connectivity index (χ0) is 20.0. The Balaban J connectivity index is 1.57. The smallest absolute Gasteiger partial charge is 0.251 e. The van der Waals surface area contributed by atoms with Crippen molar-refractivity contribution in [3.8, 4) is 0 Å². The van der Waals surface area contributed by atoms with Gasteiger partial charge >= 0.3 is 0 Å². The lowest BCUT2D eigenvalue weighted by Crippen LogP contribution is -2.41. The molecule has 0 aliphatic heterocycles. The zero-order valence-corrected chi connectivity index (χ0v) is 18.0. The molecule has 1 fully saturated rings. The van der Waals surface area contributed by atoms with Gasteiger partial charge in [-0.2, -0.15) is 0 Å². The number of carbonyl (C=O) groups is 1. The lowest BCUT2D eigenvalue weighted by atomic mass is 9.96. The molecular weight excluding hydrogens is 416 g/mol. The molecule has 5 nitrogen and oxygen atoms in total. The molecule has 0 atom stereocenters. The fourth-order valence-electron chi connectivity index (χ4n) is 3.33. The number of nitrogens with one attached hydrogen (secondary N) is 3. The van der Waals surface area contributed by atoms with Crippen LogP contribution in [-0.2, 0) is 12.0 Å². The molecule has 3 rings (SSSR count). The Bertz CT molecular complexity index is 861. The summed E-state index contributed by atoms with van der Waals surface area (Å²) in [5.74, 6) is 0.720. The summed E-state index contributed by atoms with van der Waals surface area (Å²) in [6.07, 6.45) is 2.35. The Morgan fingerprint density at radius 1 is 1.11 bits per heavy atom. The van der Waals surface area contributed by atoms with Crippen molar-refractivity contribution in [2.45, 2.75) is 31.7 Å². The lowest BCUT2D eigenvalue weighted by molar-refractivity contribution is 0.0955. The number of hydrogen-bond donors (Lipinski definition) is 3. The molecule has 2 aromatic rings. The van der Waals surface area contributed by atoms with E-state index in [-0.39, 0.29) is 11.3 Å². The number of amides is 1. The van der Waals surface area contributed by atoms with Gasteiger partial charge in [-0.1, -0.05) is 46.3 Å². The molecule has 0 bridgehead atoms. The summed E-state index contributed by atoms with van der Waals surface area (Å²) in [6, 6.07) is 16.1. The van der Waals surface area contributed by atoms with E-state index in [1.165, 1.54) is 22.9 Å². The van der Waals surface area contributed by atoms with Crippen LogP contribution in [-0.4, -0.2) is 32.0 Å². The van der Waals surface area contributed by atoms with Gasteiger partial charge in [-0.3, -0.25) is 9.79 Å². The van der Waals surface area contributed by atoms with Crippen LogP contribution in [0.25, 0.3) is 0 Å². The molecule has 2 aromatic carbocycles. The molecule has 1 saturated carbocycles. The lowest BCUT2D eigenvalue weighted by Gasteiger charge is -2.20. The van der Waals surface area contributed by atoms with Crippen LogP contribution in [0.3, 0.4) is 0 Å². The third-order valence-corrected chi connectivity index (χ3v) is 5.79. The van der Waals surface area contributed by atoms with Gasteiger partial charge < -0.3 is 16.0 Å². The maximum absolute atomic E-state index is 12.0. The summed E-state index contributed by atoms with van der Waals surface area (Å²) in [4.78, 5) is 16.3. The van der Waals surface area contributed by atoms with Crippen molar-refractivity contribution in [2.75, 3.05) is 20.1 Å². The van der Waals surface area contributed by atoms with Crippen LogP contribution in [0.2, 0.25) is 0 Å². The number of hydrogen-bond acceptors (Lipinski definition) is 2. The molecule has 0 aromatic heterocycles. The van der Waals surface area contributed by atoms with Crippen molar-refractivity contribution in [3.05, 3.63) is 69.7 Å². The summed E-state index contributed by atoms with van der Waals surface area (Å²) in [5, 5.41) is 9.64. The zero-order valence-electron chi connectivity index (χ0n) is 16.4. The highest BCUT2D eigenvalue weighted by molar-refractivity contribution is 9.10. The number of aliphatic imine (C=N–C) groups is 1. The van der Waals surface area contributed by atoms with Gasteiger partial charge in [-0.05, 0) is 49.1 Å². The number of benzene rings is 2. The van der Waals surface area contributed by atoms with Gasteiger partial charge in [0, 0.05) is 42.1 Å². The second kappa shape index (κ2) is 9.24. The molecule has 1 aliphatic rings. The first kappa shape index (κ1) is 20.4. The molecule has 1 amide bonds. The van der Waals surface area contributed by atoms with Crippen molar-refractivity contribution in [1.82, 2.24) is 16.0 Å². The Morgan fingerprint density at radius 3 is 2.57 bits per heavy atom.